The fraction of sp³-hybridized carbons (Fsp3) is 0.0667. The summed E-state index contributed by atoms with van der Waals surface area (Å²) in [6.07, 6.45) is 4.44. The van der Waals surface area contributed by atoms with Crippen LogP contribution in [-0.2, 0) is 6.42 Å². The number of pyridine rings is 1. The normalized spacial score (nSPS) is 10.7. The van der Waals surface area contributed by atoms with Crippen LogP contribution >= 0.6 is 11.3 Å². The number of carboxylic acids is 1. The molecule has 1 aromatic carbocycles. The molecule has 0 fully saturated rings. The molecule has 3 rings (SSSR count). The summed E-state index contributed by atoms with van der Waals surface area (Å²) in [5.74, 6) is -0.887. The predicted molar refractivity (Wildman–Crippen MR) is 75.8 cm³/mol. The quantitative estimate of drug-likeness (QED) is 0.790. The molecular formula is C15H11NO2S. The van der Waals surface area contributed by atoms with E-state index >= 15 is 0 Å². The Hall–Kier alpha value is -2.20. The molecule has 94 valence electrons. The van der Waals surface area contributed by atoms with E-state index in [1.165, 1.54) is 4.88 Å². The van der Waals surface area contributed by atoms with Crippen LogP contribution in [0.2, 0.25) is 0 Å². The Morgan fingerprint density at radius 1 is 1.26 bits per heavy atom. The summed E-state index contributed by atoms with van der Waals surface area (Å²) in [6.45, 7) is 0. The van der Waals surface area contributed by atoms with E-state index < -0.39 is 5.97 Å². The van der Waals surface area contributed by atoms with Crippen LogP contribution < -0.4 is 0 Å². The van der Waals surface area contributed by atoms with E-state index in [1.807, 2.05) is 24.4 Å². The highest BCUT2D eigenvalue weighted by molar-refractivity contribution is 7.19. The van der Waals surface area contributed by atoms with Crippen molar-refractivity contribution in [2.45, 2.75) is 6.42 Å². The van der Waals surface area contributed by atoms with Crippen molar-refractivity contribution in [1.29, 1.82) is 0 Å². The molecule has 0 radical (unpaired) electrons. The zero-order valence-electron chi connectivity index (χ0n) is 10.0. The summed E-state index contributed by atoms with van der Waals surface area (Å²) in [5, 5.41) is 9.97. The molecule has 0 aliphatic carbocycles. The summed E-state index contributed by atoms with van der Waals surface area (Å²) in [7, 11) is 0. The first-order valence-electron chi connectivity index (χ1n) is 5.87. The Morgan fingerprint density at radius 3 is 2.89 bits per heavy atom. The summed E-state index contributed by atoms with van der Waals surface area (Å²) in [4.78, 5) is 16.3. The molecule has 3 aromatic rings. The molecule has 0 aliphatic heterocycles. The number of thiophene rings is 1. The van der Waals surface area contributed by atoms with Crippen molar-refractivity contribution in [3.8, 4) is 0 Å². The smallest absolute Gasteiger partial charge is 0.335 e. The Labute approximate surface area is 114 Å². The van der Waals surface area contributed by atoms with Gasteiger partial charge in [-0.25, -0.2) is 4.79 Å². The molecule has 0 spiro atoms. The van der Waals surface area contributed by atoms with Crippen molar-refractivity contribution >= 4 is 27.4 Å². The topological polar surface area (TPSA) is 50.2 Å². The van der Waals surface area contributed by atoms with Gasteiger partial charge in [0.1, 0.15) is 0 Å². The maximum absolute atomic E-state index is 10.9. The Bertz CT molecular complexity index is 734. The summed E-state index contributed by atoms with van der Waals surface area (Å²) < 4.78 is 1.11. The van der Waals surface area contributed by atoms with Crippen LogP contribution in [0, 0.1) is 0 Å². The third-order valence-electron chi connectivity index (χ3n) is 2.92. The van der Waals surface area contributed by atoms with E-state index in [1.54, 1.807) is 29.7 Å². The Morgan fingerprint density at radius 2 is 2.16 bits per heavy atom. The number of rotatable bonds is 3. The number of carboxylic acid groups (broad SMARTS) is 1. The first kappa shape index (κ1) is 11.9. The van der Waals surface area contributed by atoms with Gasteiger partial charge in [0.05, 0.1) is 5.56 Å². The van der Waals surface area contributed by atoms with E-state index in [0.717, 1.165) is 22.1 Å². The van der Waals surface area contributed by atoms with Gasteiger partial charge in [-0.15, -0.1) is 11.3 Å². The van der Waals surface area contributed by atoms with Crippen LogP contribution in [0.3, 0.4) is 0 Å². The van der Waals surface area contributed by atoms with Gasteiger partial charge in [0.15, 0.2) is 0 Å². The van der Waals surface area contributed by atoms with Gasteiger partial charge >= 0.3 is 5.97 Å². The van der Waals surface area contributed by atoms with E-state index in [9.17, 15) is 4.79 Å². The molecule has 0 saturated heterocycles. The lowest BCUT2D eigenvalue weighted by Crippen LogP contribution is -1.94. The van der Waals surface area contributed by atoms with E-state index in [0.29, 0.717) is 5.56 Å². The Balaban J connectivity index is 1.95. The molecule has 2 heterocycles. The molecule has 1 N–H and O–H groups in total. The van der Waals surface area contributed by atoms with E-state index in [4.69, 9.17) is 5.11 Å². The van der Waals surface area contributed by atoms with Crippen molar-refractivity contribution in [1.82, 2.24) is 4.98 Å². The first-order chi connectivity index (χ1) is 9.22. The average Bonchev–Trinajstić information content (AvgIpc) is 2.80. The molecule has 0 aliphatic rings. The number of carbonyl (C=O) groups is 1. The lowest BCUT2D eigenvalue weighted by Gasteiger charge is -1.95. The molecule has 0 atom stereocenters. The van der Waals surface area contributed by atoms with E-state index in [-0.39, 0.29) is 0 Å². The van der Waals surface area contributed by atoms with Gasteiger partial charge in [0, 0.05) is 28.4 Å². The van der Waals surface area contributed by atoms with Crippen LogP contribution in [0.25, 0.3) is 10.1 Å². The number of benzene rings is 1. The second-order valence-electron chi connectivity index (χ2n) is 4.31. The van der Waals surface area contributed by atoms with Crippen molar-refractivity contribution < 1.29 is 9.90 Å². The number of hydrogen-bond donors (Lipinski definition) is 1. The van der Waals surface area contributed by atoms with Gasteiger partial charge in [-0.2, -0.15) is 0 Å². The Kier molecular flexibility index (Phi) is 3.01. The predicted octanol–water partition coefficient (Wildman–Crippen LogP) is 3.59. The summed E-state index contributed by atoms with van der Waals surface area (Å²) >= 11 is 1.69. The minimum atomic E-state index is -0.887. The fourth-order valence-electron chi connectivity index (χ4n) is 2.02. The number of nitrogens with zero attached hydrogens (tertiary/aromatic N) is 1. The standard InChI is InChI=1S/C15H11NO2S/c17-15(18)11-3-4-14-12(7-11)8-13(19-14)6-10-2-1-5-16-9-10/h1-5,7-9H,6H2,(H,17,18). The molecule has 2 aromatic heterocycles. The molecule has 0 amide bonds. The number of fused-ring (bicyclic) bond motifs is 1. The molecule has 0 unspecified atom stereocenters. The number of aromatic carboxylic acids is 1. The lowest BCUT2D eigenvalue weighted by molar-refractivity contribution is 0.0697. The largest absolute Gasteiger partial charge is 0.478 e. The van der Waals surface area contributed by atoms with Crippen LogP contribution in [-0.4, -0.2) is 16.1 Å². The average molecular weight is 269 g/mol. The molecule has 0 saturated carbocycles. The SMILES string of the molecule is O=C(O)c1ccc2sc(Cc3cccnc3)cc2c1. The lowest BCUT2D eigenvalue weighted by atomic mass is 10.1. The van der Waals surface area contributed by atoms with Gasteiger partial charge in [-0.05, 0) is 41.3 Å². The summed E-state index contributed by atoms with van der Waals surface area (Å²) in [6, 6.07) is 11.3. The van der Waals surface area contributed by atoms with Crippen LogP contribution in [0.5, 0.6) is 0 Å². The van der Waals surface area contributed by atoms with Gasteiger partial charge in [-0.1, -0.05) is 6.07 Å². The third kappa shape index (κ3) is 2.48. The van der Waals surface area contributed by atoms with Gasteiger partial charge in [0.25, 0.3) is 0 Å². The number of aromatic nitrogens is 1. The monoisotopic (exact) mass is 269 g/mol. The maximum Gasteiger partial charge on any atom is 0.335 e. The zero-order valence-corrected chi connectivity index (χ0v) is 10.9. The zero-order chi connectivity index (χ0) is 13.2. The first-order valence-corrected chi connectivity index (χ1v) is 6.69. The van der Waals surface area contributed by atoms with Crippen molar-refractivity contribution in [2.24, 2.45) is 0 Å². The third-order valence-corrected chi connectivity index (χ3v) is 4.03. The van der Waals surface area contributed by atoms with E-state index in [2.05, 4.69) is 11.1 Å². The highest BCUT2D eigenvalue weighted by Gasteiger charge is 2.07. The minimum Gasteiger partial charge on any atom is -0.478 e. The van der Waals surface area contributed by atoms with Crippen molar-refractivity contribution in [2.75, 3.05) is 0 Å². The molecular weight excluding hydrogens is 258 g/mol. The summed E-state index contributed by atoms with van der Waals surface area (Å²) in [5.41, 5.74) is 1.49. The van der Waals surface area contributed by atoms with Crippen LogP contribution in [0.15, 0.2) is 48.8 Å². The van der Waals surface area contributed by atoms with Gasteiger partial charge in [0.2, 0.25) is 0 Å². The maximum atomic E-state index is 10.9. The van der Waals surface area contributed by atoms with Gasteiger partial charge in [-0.3, -0.25) is 4.98 Å². The molecule has 19 heavy (non-hydrogen) atoms. The highest BCUT2D eigenvalue weighted by Crippen LogP contribution is 2.28. The molecule has 3 nitrogen and oxygen atoms in total. The van der Waals surface area contributed by atoms with Crippen molar-refractivity contribution in [3.63, 3.8) is 0 Å². The molecule has 4 heteroatoms. The highest BCUT2D eigenvalue weighted by atomic mass is 32.1. The van der Waals surface area contributed by atoms with Crippen LogP contribution in [0.1, 0.15) is 20.8 Å². The van der Waals surface area contributed by atoms with Crippen molar-refractivity contribution in [3.05, 3.63) is 64.8 Å². The fourth-order valence-corrected chi connectivity index (χ4v) is 3.10. The second kappa shape index (κ2) is 4.82. The van der Waals surface area contributed by atoms with Gasteiger partial charge < -0.3 is 5.11 Å². The second-order valence-corrected chi connectivity index (χ2v) is 5.48. The number of hydrogen-bond acceptors (Lipinski definition) is 3. The minimum absolute atomic E-state index is 0.332. The van der Waals surface area contributed by atoms with Crippen LogP contribution in [0.4, 0.5) is 0 Å². The molecule has 0 bridgehead atoms.